The molecule has 0 unspecified atom stereocenters. The molecule has 0 radical (unpaired) electrons. The average Bonchev–Trinajstić information content (AvgIpc) is 2.73. The highest BCUT2D eigenvalue weighted by atomic mass is 16.6. The van der Waals surface area contributed by atoms with Crippen molar-refractivity contribution >= 4 is 24.1 Å². The van der Waals surface area contributed by atoms with E-state index in [2.05, 4.69) is 10.6 Å². The molecule has 0 bridgehead atoms. The van der Waals surface area contributed by atoms with Crippen molar-refractivity contribution in [2.45, 2.75) is 105 Å². The maximum Gasteiger partial charge on any atom is 0.407 e. The van der Waals surface area contributed by atoms with Crippen molar-refractivity contribution in [1.82, 2.24) is 10.6 Å². The third-order valence-electron chi connectivity index (χ3n) is 4.76. The summed E-state index contributed by atoms with van der Waals surface area (Å²) in [6.45, 7) is 17.6. The van der Waals surface area contributed by atoms with E-state index < -0.39 is 35.5 Å². The Balaban J connectivity index is 0. The van der Waals surface area contributed by atoms with Crippen LogP contribution in [0.5, 0.6) is 0 Å². The van der Waals surface area contributed by atoms with E-state index in [4.69, 9.17) is 18.9 Å². The van der Waals surface area contributed by atoms with Gasteiger partial charge in [-0.1, -0.05) is 13.8 Å². The molecule has 0 spiro atoms. The average molecular weight is 551 g/mol. The number of hydrogen-bond donors (Lipinski definition) is 4. The predicted molar refractivity (Wildman–Crippen MR) is 141 cm³/mol. The number of rotatable bonds is 12. The predicted octanol–water partition coefficient (Wildman–Crippen LogP) is 2.92. The van der Waals surface area contributed by atoms with E-state index in [-0.39, 0.29) is 49.8 Å². The summed E-state index contributed by atoms with van der Waals surface area (Å²) in [7, 11) is 0. The van der Waals surface area contributed by atoms with Gasteiger partial charge >= 0.3 is 24.1 Å². The lowest BCUT2D eigenvalue weighted by Gasteiger charge is -2.25. The van der Waals surface area contributed by atoms with E-state index in [1.807, 2.05) is 0 Å². The Kier molecular flexibility index (Phi) is 18.4. The lowest BCUT2D eigenvalue weighted by Crippen LogP contribution is -2.45. The molecule has 2 amide bonds. The number of esters is 2. The Morgan fingerprint density at radius 2 is 0.947 bits per heavy atom. The number of ether oxygens (including phenoxy) is 4. The summed E-state index contributed by atoms with van der Waals surface area (Å²) >= 11 is 0. The van der Waals surface area contributed by atoms with Crippen LogP contribution in [0.3, 0.4) is 0 Å². The Hall–Kier alpha value is -2.60. The number of hydrogen-bond acceptors (Lipinski definition) is 10. The SMILES string of the molecule is CCOC(=O)C[C@@H](C)[C@@H](CO)NC(=O)OC(C)(C)C.CCOC(=O)C[C@H](C)[C@@H](CO)NC(=O)OC(C)(C)C. The molecule has 0 aliphatic carbocycles. The maximum atomic E-state index is 11.6. The number of aliphatic hydroxyl groups excluding tert-OH is 2. The molecule has 0 heterocycles. The molecule has 0 saturated carbocycles. The molecular formula is C26H50N2O10. The highest BCUT2D eigenvalue weighted by Gasteiger charge is 2.26. The number of amides is 2. The van der Waals surface area contributed by atoms with Crippen molar-refractivity contribution < 1.29 is 48.3 Å². The van der Waals surface area contributed by atoms with Crippen LogP contribution in [0.4, 0.5) is 9.59 Å². The zero-order chi connectivity index (χ0) is 30.1. The summed E-state index contributed by atoms with van der Waals surface area (Å²) in [4.78, 5) is 45.8. The Morgan fingerprint density at radius 3 is 1.16 bits per heavy atom. The van der Waals surface area contributed by atoms with Gasteiger partial charge in [0.05, 0.1) is 51.4 Å². The molecule has 224 valence electrons. The normalized spacial score (nSPS) is 14.4. The highest BCUT2D eigenvalue weighted by molar-refractivity contribution is 5.71. The standard InChI is InChI=1S/2C13H25NO5/c2*1-6-18-11(16)7-9(2)10(8-15)14-12(17)19-13(3,4)5/h2*9-10,15H,6-8H2,1-5H3,(H,14,17)/t9-,10+;9-,10-/m01/s1. The first kappa shape index (κ1) is 37.6. The molecule has 0 aromatic rings. The summed E-state index contributed by atoms with van der Waals surface area (Å²) in [5.41, 5.74) is -1.21. The van der Waals surface area contributed by atoms with Crippen LogP contribution < -0.4 is 10.6 Å². The van der Waals surface area contributed by atoms with Gasteiger partial charge in [0, 0.05) is 0 Å². The number of alkyl carbamates (subject to hydrolysis) is 2. The minimum Gasteiger partial charge on any atom is -0.466 e. The van der Waals surface area contributed by atoms with Crippen molar-refractivity contribution in [2.75, 3.05) is 26.4 Å². The van der Waals surface area contributed by atoms with Crippen LogP contribution in [0.25, 0.3) is 0 Å². The van der Waals surface area contributed by atoms with Crippen LogP contribution in [0, 0.1) is 11.8 Å². The molecule has 4 N–H and O–H groups in total. The second kappa shape index (κ2) is 18.6. The van der Waals surface area contributed by atoms with Gasteiger partial charge in [-0.3, -0.25) is 9.59 Å². The first-order chi connectivity index (χ1) is 17.4. The molecule has 0 aliphatic heterocycles. The molecule has 0 aliphatic rings. The number of nitrogens with one attached hydrogen (secondary N) is 2. The highest BCUT2D eigenvalue weighted by Crippen LogP contribution is 2.13. The molecule has 0 saturated heterocycles. The van der Waals surface area contributed by atoms with Gasteiger partial charge in [0.1, 0.15) is 11.2 Å². The van der Waals surface area contributed by atoms with Gasteiger partial charge in [-0.2, -0.15) is 0 Å². The smallest absolute Gasteiger partial charge is 0.407 e. The van der Waals surface area contributed by atoms with Crippen molar-refractivity contribution in [3.05, 3.63) is 0 Å². The monoisotopic (exact) mass is 550 g/mol. The van der Waals surface area contributed by atoms with Gasteiger partial charge in [0.15, 0.2) is 0 Å². The molecular weight excluding hydrogens is 500 g/mol. The fourth-order valence-electron chi connectivity index (χ4n) is 2.90. The van der Waals surface area contributed by atoms with E-state index in [1.165, 1.54) is 0 Å². The van der Waals surface area contributed by atoms with E-state index in [0.29, 0.717) is 13.2 Å². The van der Waals surface area contributed by atoms with Gasteiger partial charge < -0.3 is 39.8 Å². The maximum absolute atomic E-state index is 11.6. The summed E-state index contributed by atoms with van der Waals surface area (Å²) in [5, 5.41) is 23.6. The van der Waals surface area contributed by atoms with Crippen LogP contribution in [-0.2, 0) is 28.5 Å². The second-order valence-electron chi connectivity index (χ2n) is 10.8. The third-order valence-corrected chi connectivity index (χ3v) is 4.76. The first-order valence-corrected chi connectivity index (χ1v) is 12.9. The minimum atomic E-state index is -0.609. The summed E-state index contributed by atoms with van der Waals surface area (Å²) < 4.78 is 19.8. The molecule has 0 fully saturated rings. The third kappa shape index (κ3) is 20.5. The first-order valence-electron chi connectivity index (χ1n) is 12.9. The molecule has 0 aromatic carbocycles. The lowest BCUT2D eigenvalue weighted by molar-refractivity contribution is -0.145. The van der Waals surface area contributed by atoms with Gasteiger partial charge in [-0.25, -0.2) is 9.59 Å². The van der Waals surface area contributed by atoms with Crippen LogP contribution in [-0.4, -0.2) is 84.1 Å². The van der Waals surface area contributed by atoms with Crippen LogP contribution in [0.2, 0.25) is 0 Å². The van der Waals surface area contributed by atoms with Crippen molar-refractivity contribution in [3.8, 4) is 0 Å². The number of aliphatic hydroxyl groups is 2. The van der Waals surface area contributed by atoms with Crippen molar-refractivity contribution in [2.24, 2.45) is 11.8 Å². The topological polar surface area (TPSA) is 170 Å². The van der Waals surface area contributed by atoms with E-state index >= 15 is 0 Å². The number of carbonyl (C=O) groups excluding carboxylic acids is 4. The largest absolute Gasteiger partial charge is 0.466 e. The summed E-state index contributed by atoms with van der Waals surface area (Å²) in [6.07, 6.45) is -0.950. The minimum absolute atomic E-state index is 0.134. The quantitative estimate of drug-likeness (QED) is 0.209. The molecule has 4 atom stereocenters. The van der Waals surface area contributed by atoms with Crippen LogP contribution in [0.15, 0.2) is 0 Å². The van der Waals surface area contributed by atoms with Crippen molar-refractivity contribution in [3.63, 3.8) is 0 Å². The van der Waals surface area contributed by atoms with Gasteiger partial charge in [0.25, 0.3) is 0 Å². The summed E-state index contributed by atoms with van der Waals surface area (Å²) in [6, 6.07) is -1.08. The van der Waals surface area contributed by atoms with E-state index in [0.717, 1.165) is 0 Å². The molecule has 12 heteroatoms. The van der Waals surface area contributed by atoms with Gasteiger partial charge in [0.2, 0.25) is 0 Å². The molecule has 38 heavy (non-hydrogen) atoms. The zero-order valence-electron chi connectivity index (χ0n) is 24.7. The van der Waals surface area contributed by atoms with Gasteiger partial charge in [-0.15, -0.1) is 0 Å². The lowest BCUT2D eigenvalue weighted by atomic mass is 9.99. The molecule has 0 rings (SSSR count). The van der Waals surface area contributed by atoms with E-state index in [9.17, 15) is 29.4 Å². The van der Waals surface area contributed by atoms with Gasteiger partial charge in [-0.05, 0) is 67.2 Å². The van der Waals surface area contributed by atoms with E-state index in [1.54, 1.807) is 69.2 Å². The fraction of sp³-hybridized carbons (Fsp3) is 0.846. The molecule has 0 aromatic heterocycles. The fourth-order valence-corrected chi connectivity index (χ4v) is 2.90. The van der Waals surface area contributed by atoms with Crippen molar-refractivity contribution in [1.29, 1.82) is 0 Å². The zero-order valence-corrected chi connectivity index (χ0v) is 24.7. The molecule has 12 nitrogen and oxygen atoms in total. The van der Waals surface area contributed by atoms with Crippen LogP contribution in [0.1, 0.15) is 82.1 Å². The Bertz CT molecular complexity index is 656. The Morgan fingerprint density at radius 1 is 0.658 bits per heavy atom. The second-order valence-corrected chi connectivity index (χ2v) is 10.8. The van der Waals surface area contributed by atoms with Crippen LogP contribution >= 0.6 is 0 Å². The Labute approximate surface area is 227 Å². The summed E-state index contributed by atoms with van der Waals surface area (Å²) in [5.74, 6) is -1.17. The number of carbonyl (C=O) groups is 4.